The minimum atomic E-state index is -1.14. The maximum atomic E-state index is 10.9. The molecule has 0 aliphatic heterocycles. The summed E-state index contributed by atoms with van der Waals surface area (Å²) < 4.78 is 0. The molecule has 0 rings (SSSR count). The summed E-state index contributed by atoms with van der Waals surface area (Å²) in [4.78, 5) is 52.0. The minimum Gasteiger partial charge on any atom is -0.481 e. The molecule has 0 aromatic carbocycles. The summed E-state index contributed by atoms with van der Waals surface area (Å²) in [7, 11) is 0. The molecule has 0 unspecified atom stereocenters. The van der Waals surface area contributed by atoms with Crippen LogP contribution in [0.25, 0.3) is 0 Å². The van der Waals surface area contributed by atoms with Crippen molar-refractivity contribution in [3.8, 4) is 0 Å². The Hall–Kier alpha value is -2.53. The van der Waals surface area contributed by atoms with Gasteiger partial charge in [-0.2, -0.15) is 0 Å². The van der Waals surface area contributed by atoms with E-state index in [9.17, 15) is 24.0 Å². The molecule has 25 heavy (non-hydrogen) atoms. The van der Waals surface area contributed by atoms with E-state index in [-0.39, 0.29) is 25.7 Å². The summed E-state index contributed by atoms with van der Waals surface area (Å²) in [5.74, 6) is -4.64. The van der Waals surface area contributed by atoms with Crippen LogP contribution in [0, 0.1) is 0 Å². The third-order valence-electron chi connectivity index (χ3n) is 2.70. The van der Waals surface area contributed by atoms with Crippen LogP contribution in [0.2, 0.25) is 0 Å². The van der Waals surface area contributed by atoms with Crippen LogP contribution in [0.1, 0.15) is 44.9 Å². The number of hydrogen-bond donors (Lipinski definition) is 6. The van der Waals surface area contributed by atoms with Crippen LogP contribution in [-0.2, 0) is 24.0 Å². The normalized spacial score (nSPS) is 10.8. The monoisotopic (exact) mass is 363 g/mol. The summed E-state index contributed by atoms with van der Waals surface area (Å²) in [6, 6.07) is -0.716. The Morgan fingerprint density at radius 1 is 0.800 bits per heavy atom. The molecule has 0 fully saturated rings. The van der Waals surface area contributed by atoms with E-state index in [1.165, 1.54) is 0 Å². The average molecular weight is 363 g/mol. The van der Waals surface area contributed by atoms with Crippen LogP contribution < -0.4 is 16.8 Å². The second-order valence-electron chi connectivity index (χ2n) is 4.99. The van der Waals surface area contributed by atoms with Crippen molar-refractivity contribution >= 4 is 29.7 Å². The van der Waals surface area contributed by atoms with Gasteiger partial charge < -0.3 is 26.8 Å². The van der Waals surface area contributed by atoms with E-state index in [1.54, 1.807) is 0 Å². The first-order valence-electron chi connectivity index (χ1n) is 7.54. The number of aliphatic carboxylic acids is 3. The number of carboxylic acid groups (broad SMARTS) is 3. The maximum Gasteiger partial charge on any atom is 0.320 e. The smallest absolute Gasteiger partial charge is 0.320 e. The molecule has 0 bridgehead atoms. The highest BCUT2D eigenvalue weighted by Gasteiger charge is 2.11. The lowest BCUT2D eigenvalue weighted by Gasteiger charge is -2.03. The Morgan fingerprint density at radius 3 is 1.56 bits per heavy atom. The first kappa shape index (κ1) is 24.7. The quantitative estimate of drug-likeness (QED) is 0.243. The van der Waals surface area contributed by atoms with E-state index in [4.69, 9.17) is 26.8 Å². The number of hydrogen-bond acceptors (Lipinski definition) is 7. The Kier molecular flexibility index (Phi) is 14.9. The van der Waals surface area contributed by atoms with Gasteiger partial charge in [-0.3, -0.25) is 29.3 Å². The topological polar surface area (TPSA) is 210 Å². The van der Waals surface area contributed by atoms with Gasteiger partial charge in [0.1, 0.15) is 6.04 Å². The first-order chi connectivity index (χ1) is 11.6. The van der Waals surface area contributed by atoms with Crippen LogP contribution in [0.4, 0.5) is 0 Å². The molecule has 0 heterocycles. The number of nitrogens with two attached hydrogens (primary N) is 2. The fourth-order valence-electron chi connectivity index (χ4n) is 1.35. The Labute approximate surface area is 144 Å². The van der Waals surface area contributed by atoms with Crippen molar-refractivity contribution in [1.29, 1.82) is 0 Å². The number of nitrogens with one attached hydrogen (secondary N) is 1. The molecule has 0 saturated carbocycles. The molecule has 11 heteroatoms. The molecule has 0 radical (unpaired) electrons. The lowest BCUT2D eigenvalue weighted by molar-refractivity contribution is -0.141. The van der Waals surface area contributed by atoms with Gasteiger partial charge in [0.15, 0.2) is 0 Å². The van der Waals surface area contributed by atoms with Crippen molar-refractivity contribution in [2.75, 3.05) is 6.54 Å². The predicted octanol–water partition coefficient (Wildman–Crippen LogP) is -1.11. The van der Waals surface area contributed by atoms with E-state index in [0.717, 1.165) is 12.8 Å². The van der Waals surface area contributed by atoms with Crippen molar-refractivity contribution in [3.63, 3.8) is 0 Å². The van der Waals surface area contributed by atoms with Gasteiger partial charge in [0, 0.05) is 12.8 Å². The van der Waals surface area contributed by atoms with Gasteiger partial charge in [-0.25, -0.2) is 0 Å². The van der Waals surface area contributed by atoms with Crippen molar-refractivity contribution < 1.29 is 39.3 Å². The molecule has 0 aromatic heterocycles. The lowest BCUT2D eigenvalue weighted by atomic mass is 10.1. The summed E-state index contributed by atoms with van der Waals surface area (Å²) in [5.41, 5.74) is 10.4. The minimum absolute atomic E-state index is 0.297. The zero-order chi connectivity index (χ0) is 19.8. The Bertz CT molecular complexity index is 439. The molecule has 0 saturated heterocycles. The van der Waals surface area contributed by atoms with E-state index in [2.05, 4.69) is 0 Å². The van der Waals surface area contributed by atoms with Gasteiger partial charge in [0.05, 0.1) is 12.8 Å². The highest BCUT2D eigenvalue weighted by atomic mass is 16.4. The van der Waals surface area contributed by atoms with Crippen LogP contribution in [0.5, 0.6) is 0 Å². The van der Waals surface area contributed by atoms with E-state index in [0.29, 0.717) is 13.0 Å². The van der Waals surface area contributed by atoms with E-state index < -0.39 is 35.8 Å². The Morgan fingerprint density at radius 2 is 1.24 bits per heavy atom. The third-order valence-corrected chi connectivity index (χ3v) is 2.70. The maximum absolute atomic E-state index is 10.9. The Balaban J connectivity index is 0. The molecular weight excluding hydrogens is 338 g/mol. The highest BCUT2D eigenvalue weighted by molar-refractivity contribution is 5.96. The van der Waals surface area contributed by atoms with E-state index in [1.807, 2.05) is 5.32 Å². The number of carboxylic acids is 3. The fraction of sp³-hybridized carbons (Fsp3) is 0.643. The summed E-state index contributed by atoms with van der Waals surface area (Å²) in [6.45, 7) is 0.604. The number of carbonyl (C=O) groups is 5. The van der Waals surface area contributed by atoms with Gasteiger partial charge in [0.25, 0.3) is 0 Å². The van der Waals surface area contributed by atoms with Crippen molar-refractivity contribution in [1.82, 2.24) is 5.32 Å². The van der Waals surface area contributed by atoms with Crippen molar-refractivity contribution in [3.05, 3.63) is 0 Å². The summed E-state index contributed by atoms with van der Waals surface area (Å²) in [5, 5.41) is 26.7. The number of imide groups is 1. The first-order valence-corrected chi connectivity index (χ1v) is 7.54. The third kappa shape index (κ3) is 19.4. The van der Waals surface area contributed by atoms with Gasteiger partial charge in [-0.05, 0) is 19.4 Å². The van der Waals surface area contributed by atoms with Gasteiger partial charge in [-0.1, -0.05) is 6.42 Å². The van der Waals surface area contributed by atoms with Crippen molar-refractivity contribution in [2.45, 2.75) is 51.0 Å². The molecule has 1 atom stereocenters. The summed E-state index contributed by atoms with van der Waals surface area (Å²) in [6.07, 6.45) is 0.843. The lowest BCUT2D eigenvalue weighted by Crippen LogP contribution is -2.30. The predicted molar refractivity (Wildman–Crippen MR) is 85.4 cm³/mol. The second kappa shape index (κ2) is 15.0. The molecule has 0 aromatic rings. The number of rotatable bonds is 11. The van der Waals surface area contributed by atoms with Gasteiger partial charge >= 0.3 is 17.9 Å². The SMILES string of the molecule is NCCCC[C@H](N)C(=O)O.O=C(O)CCC(=O)NC(=O)CCC(=O)O. The largest absolute Gasteiger partial charge is 0.481 e. The number of amides is 2. The van der Waals surface area contributed by atoms with Crippen LogP contribution in [0.15, 0.2) is 0 Å². The van der Waals surface area contributed by atoms with Crippen LogP contribution in [-0.4, -0.2) is 57.6 Å². The molecule has 0 aliphatic carbocycles. The number of carbonyl (C=O) groups excluding carboxylic acids is 2. The molecule has 11 nitrogen and oxygen atoms in total. The van der Waals surface area contributed by atoms with E-state index >= 15 is 0 Å². The van der Waals surface area contributed by atoms with Crippen molar-refractivity contribution in [2.24, 2.45) is 11.5 Å². The average Bonchev–Trinajstić information content (AvgIpc) is 2.51. The molecule has 2 amide bonds. The molecule has 0 aliphatic rings. The van der Waals surface area contributed by atoms with Crippen LogP contribution >= 0.6 is 0 Å². The van der Waals surface area contributed by atoms with Gasteiger partial charge in [-0.15, -0.1) is 0 Å². The zero-order valence-corrected chi connectivity index (χ0v) is 13.8. The highest BCUT2D eigenvalue weighted by Crippen LogP contribution is 1.97. The second-order valence-corrected chi connectivity index (χ2v) is 4.99. The number of unbranched alkanes of at least 4 members (excludes halogenated alkanes) is 1. The zero-order valence-electron chi connectivity index (χ0n) is 13.8. The fourth-order valence-corrected chi connectivity index (χ4v) is 1.35. The summed E-state index contributed by atoms with van der Waals surface area (Å²) >= 11 is 0. The van der Waals surface area contributed by atoms with Gasteiger partial charge in [0.2, 0.25) is 11.8 Å². The molecule has 0 spiro atoms. The molecular formula is C14H25N3O8. The molecule has 144 valence electrons. The molecule has 8 N–H and O–H groups in total. The van der Waals surface area contributed by atoms with Crippen LogP contribution in [0.3, 0.4) is 0 Å². The standard InChI is InChI=1S/C8H11NO6.C6H14N2O2/c10-5(1-3-7(12)13)9-6(11)2-4-8(14)15;7-4-2-1-3-5(8)6(9)10/h1-4H2,(H,12,13)(H,14,15)(H,9,10,11);5H,1-4,7-8H2,(H,9,10)/t;5-/m.0/s1.